The van der Waals surface area contributed by atoms with Crippen LogP contribution in [-0.4, -0.2) is 46.4 Å². The number of fused-ring (bicyclic) bond motifs is 1. The summed E-state index contributed by atoms with van der Waals surface area (Å²) in [4.78, 5) is 25.1. The average molecular weight is 513 g/mol. The maximum Gasteiger partial charge on any atom is 0.416 e. The molecule has 0 bridgehead atoms. The Morgan fingerprint density at radius 1 is 1.12 bits per heavy atom. The van der Waals surface area contributed by atoms with Crippen molar-refractivity contribution in [2.45, 2.75) is 12.7 Å². The molecule has 178 valence electrons. The smallest absolute Gasteiger partial charge is 0.268 e. The normalized spacial score (nSPS) is 16.3. The number of alkyl halides is 3. The third kappa shape index (κ3) is 4.99. The van der Waals surface area contributed by atoms with Crippen molar-refractivity contribution >= 4 is 49.7 Å². The van der Waals surface area contributed by atoms with Gasteiger partial charge in [-0.3, -0.25) is 19.2 Å². The molecule has 1 saturated heterocycles. The summed E-state index contributed by atoms with van der Waals surface area (Å²) in [5.74, 6) is -2.44. The second kappa shape index (κ2) is 8.55. The van der Waals surface area contributed by atoms with E-state index in [0.29, 0.717) is 39.2 Å². The Kier molecular flexibility index (Phi) is 6.02. The number of halogens is 4. The van der Waals surface area contributed by atoms with Crippen LogP contribution in [0.5, 0.6) is 0 Å². The van der Waals surface area contributed by atoms with Gasteiger partial charge in [-0.2, -0.15) is 18.3 Å². The molecule has 13 heteroatoms. The predicted molar refractivity (Wildman–Crippen MR) is 118 cm³/mol. The number of sulfone groups is 1. The summed E-state index contributed by atoms with van der Waals surface area (Å²) < 4.78 is 77.5. The number of rotatable bonds is 5. The lowest BCUT2D eigenvalue weighted by atomic mass is 10.1. The van der Waals surface area contributed by atoms with Crippen LogP contribution in [0.4, 0.5) is 22.4 Å². The predicted octanol–water partition coefficient (Wildman–Crippen LogP) is 4.28. The number of hydrogen-bond donors (Lipinski definition) is 0. The van der Waals surface area contributed by atoms with E-state index in [1.54, 1.807) is 18.2 Å². The standard InChI is InChI=1S/C21H15F4N3O4S2/c1-34(31,32)11-27-19(29)18(33-20(27)30)7-12-2-5-17-14(6-12)9-26-28(17)10-13-3-4-15(22)8-16(13)21(23,24)25/h2-9H,10-11H2,1H3/b18-7-. The van der Waals surface area contributed by atoms with Crippen molar-refractivity contribution in [2.75, 3.05) is 12.1 Å². The van der Waals surface area contributed by atoms with Crippen LogP contribution < -0.4 is 0 Å². The first-order valence-electron chi connectivity index (χ1n) is 9.56. The zero-order chi connectivity index (χ0) is 24.8. The molecule has 2 heterocycles. The summed E-state index contributed by atoms with van der Waals surface area (Å²) in [6.07, 6.45) is -0.965. The van der Waals surface area contributed by atoms with Crippen LogP contribution in [0.1, 0.15) is 16.7 Å². The molecule has 0 radical (unpaired) electrons. The molecule has 0 saturated carbocycles. The maximum atomic E-state index is 13.4. The first-order valence-corrected chi connectivity index (χ1v) is 12.4. The molecule has 34 heavy (non-hydrogen) atoms. The van der Waals surface area contributed by atoms with E-state index < -0.39 is 44.4 Å². The van der Waals surface area contributed by atoms with Gasteiger partial charge in [0, 0.05) is 11.6 Å². The van der Waals surface area contributed by atoms with Gasteiger partial charge in [0.25, 0.3) is 11.1 Å². The molecule has 0 aliphatic carbocycles. The molecule has 4 rings (SSSR count). The Morgan fingerprint density at radius 2 is 1.85 bits per heavy atom. The van der Waals surface area contributed by atoms with Crippen molar-refractivity contribution in [1.29, 1.82) is 0 Å². The van der Waals surface area contributed by atoms with Crippen LogP contribution in [0.25, 0.3) is 17.0 Å². The highest BCUT2D eigenvalue weighted by Crippen LogP contribution is 2.34. The Balaban J connectivity index is 1.62. The molecule has 0 spiro atoms. The number of hydrogen-bond acceptors (Lipinski definition) is 6. The molecule has 7 nitrogen and oxygen atoms in total. The van der Waals surface area contributed by atoms with Crippen LogP contribution in [-0.2, 0) is 27.4 Å². The molecule has 2 aromatic carbocycles. The Labute approximate surface area is 194 Å². The van der Waals surface area contributed by atoms with Gasteiger partial charge in [-0.1, -0.05) is 12.1 Å². The van der Waals surface area contributed by atoms with Gasteiger partial charge >= 0.3 is 6.18 Å². The van der Waals surface area contributed by atoms with Crippen molar-refractivity contribution in [1.82, 2.24) is 14.7 Å². The van der Waals surface area contributed by atoms with E-state index in [4.69, 9.17) is 0 Å². The van der Waals surface area contributed by atoms with E-state index >= 15 is 0 Å². The minimum atomic E-state index is -4.73. The second-order valence-corrected chi connectivity index (χ2v) is 10.7. The molecule has 0 atom stereocenters. The molecular formula is C21H15F4N3O4S2. The molecule has 0 N–H and O–H groups in total. The number of imide groups is 1. The van der Waals surface area contributed by atoms with Gasteiger partial charge in [-0.05, 0) is 53.2 Å². The van der Waals surface area contributed by atoms with Gasteiger partial charge < -0.3 is 0 Å². The van der Waals surface area contributed by atoms with Gasteiger partial charge in [0.05, 0.1) is 28.7 Å². The van der Waals surface area contributed by atoms with Crippen molar-refractivity contribution in [3.8, 4) is 0 Å². The van der Waals surface area contributed by atoms with Gasteiger partial charge in [0.15, 0.2) is 9.84 Å². The van der Waals surface area contributed by atoms with Crippen LogP contribution in [0.2, 0.25) is 0 Å². The van der Waals surface area contributed by atoms with Crippen LogP contribution in [0.3, 0.4) is 0 Å². The summed E-state index contributed by atoms with van der Waals surface area (Å²) in [6.45, 7) is -0.248. The molecule has 0 unspecified atom stereocenters. The highest BCUT2D eigenvalue weighted by Gasteiger charge is 2.37. The number of carbonyl (C=O) groups is 2. The van der Waals surface area contributed by atoms with E-state index in [9.17, 15) is 35.6 Å². The quantitative estimate of drug-likeness (QED) is 0.374. The largest absolute Gasteiger partial charge is 0.416 e. The van der Waals surface area contributed by atoms with E-state index in [1.165, 1.54) is 17.0 Å². The zero-order valence-electron chi connectivity index (χ0n) is 17.3. The lowest BCUT2D eigenvalue weighted by Crippen LogP contribution is -2.33. The number of amides is 2. The van der Waals surface area contributed by atoms with Crippen molar-refractivity contribution in [3.05, 3.63) is 70.0 Å². The van der Waals surface area contributed by atoms with Crippen LogP contribution >= 0.6 is 11.8 Å². The molecular weight excluding hydrogens is 498 g/mol. The first kappa shape index (κ1) is 24.0. The summed E-state index contributed by atoms with van der Waals surface area (Å²) >= 11 is 0.611. The number of nitrogens with zero attached hydrogens (tertiary/aromatic N) is 3. The highest BCUT2D eigenvalue weighted by molar-refractivity contribution is 8.18. The Hall–Kier alpha value is -3.19. The van der Waals surface area contributed by atoms with Crippen molar-refractivity contribution in [3.63, 3.8) is 0 Å². The lowest BCUT2D eigenvalue weighted by molar-refractivity contribution is -0.138. The summed E-state index contributed by atoms with van der Waals surface area (Å²) in [5.41, 5.74) is -0.227. The van der Waals surface area contributed by atoms with E-state index in [2.05, 4.69) is 5.10 Å². The van der Waals surface area contributed by atoms with Gasteiger partial charge in [0.2, 0.25) is 0 Å². The third-order valence-corrected chi connectivity index (χ3v) is 6.53. The minimum Gasteiger partial charge on any atom is -0.268 e. The van der Waals surface area contributed by atoms with Gasteiger partial charge in [-0.15, -0.1) is 0 Å². The average Bonchev–Trinajstić information content (AvgIpc) is 3.23. The summed E-state index contributed by atoms with van der Waals surface area (Å²) in [5, 5.41) is 3.98. The van der Waals surface area contributed by atoms with Gasteiger partial charge in [0.1, 0.15) is 11.7 Å². The molecule has 1 fully saturated rings. The fourth-order valence-electron chi connectivity index (χ4n) is 3.43. The SMILES string of the molecule is CS(=O)(=O)CN1C(=O)S/C(=C\c2ccc3c(cnn3Cc3ccc(F)cc3C(F)(F)F)c2)C1=O. The van der Waals surface area contributed by atoms with E-state index in [-0.39, 0.29) is 17.0 Å². The maximum absolute atomic E-state index is 13.4. The summed E-state index contributed by atoms with van der Waals surface area (Å²) in [6, 6.07) is 7.25. The monoisotopic (exact) mass is 513 g/mol. The number of carbonyl (C=O) groups excluding carboxylic acids is 2. The molecule has 2 amide bonds. The molecule has 1 aliphatic rings. The van der Waals surface area contributed by atoms with Gasteiger partial charge in [-0.25, -0.2) is 12.8 Å². The number of thioether (sulfide) groups is 1. The topological polar surface area (TPSA) is 89.3 Å². The van der Waals surface area contributed by atoms with Crippen LogP contribution in [0, 0.1) is 5.82 Å². The highest BCUT2D eigenvalue weighted by atomic mass is 32.2. The fraction of sp³-hybridized carbons (Fsp3) is 0.190. The second-order valence-electron chi connectivity index (χ2n) is 7.58. The van der Waals surface area contributed by atoms with Crippen molar-refractivity contribution < 1.29 is 35.6 Å². The Morgan fingerprint density at radius 3 is 2.53 bits per heavy atom. The minimum absolute atomic E-state index is 0.0431. The summed E-state index contributed by atoms with van der Waals surface area (Å²) in [7, 11) is -3.59. The zero-order valence-corrected chi connectivity index (χ0v) is 19.0. The van der Waals surface area contributed by atoms with Crippen LogP contribution in [0.15, 0.2) is 47.5 Å². The molecule has 3 aromatic rings. The molecule has 1 aromatic heterocycles. The number of benzene rings is 2. The van der Waals surface area contributed by atoms with E-state index in [0.717, 1.165) is 18.4 Å². The third-order valence-electron chi connectivity index (χ3n) is 4.90. The Bertz CT molecular complexity index is 1460. The lowest BCUT2D eigenvalue weighted by Gasteiger charge is -2.13. The first-order chi connectivity index (χ1) is 15.8. The number of aromatic nitrogens is 2. The van der Waals surface area contributed by atoms with Crippen molar-refractivity contribution in [2.24, 2.45) is 0 Å². The fourth-order valence-corrected chi connectivity index (χ4v) is 5.05. The molecule has 1 aliphatic heterocycles. The van der Waals surface area contributed by atoms with E-state index in [1.807, 2.05) is 0 Å².